The second kappa shape index (κ2) is 5.83. The zero-order chi connectivity index (χ0) is 11.3. The molecule has 1 saturated carbocycles. The summed E-state index contributed by atoms with van der Waals surface area (Å²) in [5, 5.41) is 0. The van der Waals surface area contributed by atoms with Gasteiger partial charge in [0.15, 0.2) is 0 Å². The third-order valence-electron chi connectivity index (χ3n) is 4.07. The standard InChI is InChI=1S/C12H26N2O/c1-4-10(2)11(14-13)12(15-3)8-6-5-7-9-12/h10-11,14H,4-9,13H2,1-3H3. The molecule has 0 aliphatic heterocycles. The normalized spacial score (nSPS) is 24.8. The topological polar surface area (TPSA) is 47.3 Å². The van der Waals surface area contributed by atoms with E-state index in [9.17, 15) is 0 Å². The Morgan fingerprint density at radius 2 is 1.93 bits per heavy atom. The predicted octanol–water partition coefficient (Wildman–Crippen LogP) is 2.21. The highest BCUT2D eigenvalue weighted by Gasteiger charge is 2.41. The van der Waals surface area contributed by atoms with Crippen LogP contribution >= 0.6 is 0 Å². The molecule has 3 nitrogen and oxygen atoms in total. The molecular formula is C12H26N2O. The first-order chi connectivity index (χ1) is 7.20. The highest BCUT2D eigenvalue weighted by Crippen LogP contribution is 2.36. The Bertz CT molecular complexity index is 178. The molecule has 3 N–H and O–H groups in total. The first-order valence-electron chi connectivity index (χ1n) is 6.21. The lowest BCUT2D eigenvalue weighted by molar-refractivity contribution is -0.0803. The number of ether oxygens (including phenoxy) is 1. The SMILES string of the molecule is CCC(C)C(NN)C1(OC)CCCCC1. The summed E-state index contributed by atoms with van der Waals surface area (Å²) in [6, 6.07) is 0.285. The number of nitrogens with two attached hydrogens (primary N) is 1. The fraction of sp³-hybridized carbons (Fsp3) is 1.00. The van der Waals surface area contributed by atoms with Crippen LogP contribution in [0.5, 0.6) is 0 Å². The van der Waals surface area contributed by atoms with Gasteiger partial charge in [-0.1, -0.05) is 39.5 Å². The van der Waals surface area contributed by atoms with Gasteiger partial charge in [0.1, 0.15) is 0 Å². The molecule has 0 aromatic rings. The molecule has 1 fully saturated rings. The third kappa shape index (κ3) is 2.71. The Kier molecular flexibility index (Phi) is 5.03. The Morgan fingerprint density at radius 3 is 2.33 bits per heavy atom. The number of hydrogen-bond acceptors (Lipinski definition) is 3. The largest absolute Gasteiger partial charge is 0.377 e. The number of hydrazine groups is 1. The minimum absolute atomic E-state index is 0.0254. The van der Waals surface area contributed by atoms with Crippen molar-refractivity contribution in [2.75, 3.05) is 7.11 Å². The fourth-order valence-electron chi connectivity index (χ4n) is 2.86. The van der Waals surface area contributed by atoms with Crippen LogP contribution in [0.4, 0.5) is 0 Å². The number of hydrogen-bond donors (Lipinski definition) is 2. The van der Waals surface area contributed by atoms with Crippen LogP contribution < -0.4 is 11.3 Å². The van der Waals surface area contributed by atoms with Crippen LogP contribution in [-0.4, -0.2) is 18.8 Å². The first-order valence-corrected chi connectivity index (χ1v) is 6.21. The molecule has 1 rings (SSSR count). The smallest absolute Gasteiger partial charge is 0.0846 e. The van der Waals surface area contributed by atoms with Crippen LogP contribution in [-0.2, 0) is 4.74 Å². The fourth-order valence-corrected chi connectivity index (χ4v) is 2.86. The molecule has 2 unspecified atom stereocenters. The van der Waals surface area contributed by atoms with Crippen molar-refractivity contribution in [1.82, 2.24) is 5.43 Å². The van der Waals surface area contributed by atoms with E-state index in [0.29, 0.717) is 5.92 Å². The van der Waals surface area contributed by atoms with Crippen LogP contribution in [0, 0.1) is 5.92 Å². The second-order valence-electron chi connectivity index (χ2n) is 4.86. The zero-order valence-corrected chi connectivity index (χ0v) is 10.4. The molecule has 2 atom stereocenters. The molecule has 0 aromatic heterocycles. The van der Waals surface area contributed by atoms with Gasteiger partial charge in [0.05, 0.1) is 11.6 Å². The van der Waals surface area contributed by atoms with E-state index in [0.717, 1.165) is 19.3 Å². The van der Waals surface area contributed by atoms with Crippen LogP contribution in [0.3, 0.4) is 0 Å². The summed E-state index contributed by atoms with van der Waals surface area (Å²) in [5.41, 5.74) is 2.96. The van der Waals surface area contributed by atoms with Gasteiger partial charge in [-0.25, -0.2) is 0 Å². The zero-order valence-electron chi connectivity index (χ0n) is 10.4. The van der Waals surface area contributed by atoms with Crippen molar-refractivity contribution < 1.29 is 4.74 Å². The molecule has 3 heteroatoms. The van der Waals surface area contributed by atoms with Gasteiger partial charge in [0.25, 0.3) is 0 Å². The minimum atomic E-state index is -0.0254. The molecule has 0 bridgehead atoms. The first kappa shape index (κ1) is 12.9. The molecule has 0 heterocycles. The highest BCUT2D eigenvalue weighted by atomic mass is 16.5. The average Bonchev–Trinajstić information content (AvgIpc) is 2.30. The molecule has 0 amide bonds. The van der Waals surface area contributed by atoms with Gasteiger partial charge in [-0.2, -0.15) is 0 Å². The maximum absolute atomic E-state index is 5.81. The molecular weight excluding hydrogens is 188 g/mol. The summed E-state index contributed by atoms with van der Waals surface area (Å²) >= 11 is 0. The lowest BCUT2D eigenvalue weighted by Gasteiger charge is -2.44. The number of methoxy groups -OCH3 is 1. The minimum Gasteiger partial charge on any atom is -0.377 e. The Balaban J connectivity index is 2.75. The van der Waals surface area contributed by atoms with E-state index < -0.39 is 0 Å². The number of nitrogens with one attached hydrogen (secondary N) is 1. The quantitative estimate of drug-likeness (QED) is 0.545. The van der Waals surface area contributed by atoms with E-state index >= 15 is 0 Å². The lowest BCUT2D eigenvalue weighted by atomic mass is 9.74. The molecule has 1 aliphatic rings. The second-order valence-corrected chi connectivity index (χ2v) is 4.86. The summed E-state index contributed by atoms with van der Waals surface area (Å²) in [7, 11) is 1.83. The van der Waals surface area contributed by atoms with E-state index in [4.69, 9.17) is 10.6 Å². The van der Waals surface area contributed by atoms with Crippen LogP contribution in [0.25, 0.3) is 0 Å². The van der Waals surface area contributed by atoms with Gasteiger partial charge in [-0.05, 0) is 18.8 Å². The van der Waals surface area contributed by atoms with Crippen molar-refractivity contribution >= 4 is 0 Å². The van der Waals surface area contributed by atoms with Crippen LogP contribution in [0.1, 0.15) is 52.4 Å². The van der Waals surface area contributed by atoms with E-state index in [1.54, 1.807) is 0 Å². The molecule has 0 spiro atoms. The van der Waals surface area contributed by atoms with Crippen molar-refractivity contribution in [3.05, 3.63) is 0 Å². The predicted molar refractivity (Wildman–Crippen MR) is 63.4 cm³/mol. The third-order valence-corrected chi connectivity index (χ3v) is 4.07. The van der Waals surface area contributed by atoms with Crippen molar-refractivity contribution in [1.29, 1.82) is 0 Å². The Hall–Kier alpha value is -0.120. The summed E-state index contributed by atoms with van der Waals surface area (Å²) in [4.78, 5) is 0. The summed E-state index contributed by atoms with van der Waals surface area (Å²) in [5.74, 6) is 6.27. The molecule has 1 aliphatic carbocycles. The molecule has 0 radical (unpaired) electrons. The van der Waals surface area contributed by atoms with Crippen LogP contribution in [0.2, 0.25) is 0 Å². The van der Waals surface area contributed by atoms with Crippen LogP contribution in [0.15, 0.2) is 0 Å². The molecule has 90 valence electrons. The summed E-state index contributed by atoms with van der Waals surface area (Å²) in [6.07, 6.45) is 7.29. The Morgan fingerprint density at radius 1 is 1.33 bits per heavy atom. The van der Waals surface area contributed by atoms with Gasteiger partial charge in [-0.3, -0.25) is 11.3 Å². The monoisotopic (exact) mass is 214 g/mol. The van der Waals surface area contributed by atoms with Gasteiger partial charge in [0, 0.05) is 7.11 Å². The van der Waals surface area contributed by atoms with E-state index in [2.05, 4.69) is 19.3 Å². The van der Waals surface area contributed by atoms with E-state index in [-0.39, 0.29) is 11.6 Å². The van der Waals surface area contributed by atoms with Gasteiger partial charge < -0.3 is 4.74 Å². The van der Waals surface area contributed by atoms with E-state index in [1.807, 2.05) is 7.11 Å². The van der Waals surface area contributed by atoms with Gasteiger partial charge in [0.2, 0.25) is 0 Å². The van der Waals surface area contributed by atoms with E-state index in [1.165, 1.54) is 19.3 Å². The van der Waals surface area contributed by atoms with Crippen molar-refractivity contribution in [2.45, 2.75) is 64.0 Å². The average molecular weight is 214 g/mol. The summed E-state index contributed by atoms with van der Waals surface area (Å²) in [6.45, 7) is 4.46. The Labute approximate surface area is 93.7 Å². The maximum atomic E-state index is 5.81. The number of rotatable bonds is 5. The van der Waals surface area contributed by atoms with Gasteiger partial charge >= 0.3 is 0 Å². The maximum Gasteiger partial charge on any atom is 0.0846 e. The summed E-state index contributed by atoms with van der Waals surface area (Å²) < 4.78 is 5.81. The molecule has 0 saturated heterocycles. The van der Waals surface area contributed by atoms with Crippen molar-refractivity contribution in [3.8, 4) is 0 Å². The molecule has 15 heavy (non-hydrogen) atoms. The van der Waals surface area contributed by atoms with Crippen molar-refractivity contribution in [2.24, 2.45) is 11.8 Å². The van der Waals surface area contributed by atoms with Crippen molar-refractivity contribution in [3.63, 3.8) is 0 Å². The highest BCUT2D eigenvalue weighted by molar-refractivity contribution is 4.96. The van der Waals surface area contributed by atoms with Gasteiger partial charge in [-0.15, -0.1) is 0 Å². The lowest BCUT2D eigenvalue weighted by Crippen LogP contribution is -2.58. The molecule has 0 aromatic carbocycles.